The number of carbonyl (C=O) groups excluding carboxylic acids is 2. The molecular formula is C15H20N2O3. The molecule has 2 N–H and O–H groups in total. The molecule has 0 unspecified atom stereocenters. The van der Waals surface area contributed by atoms with Crippen molar-refractivity contribution in [1.82, 2.24) is 4.90 Å². The zero-order valence-electron chi connectivity index (χ0n) is 11.7. The summed E-state index contributed by atoms with van der Waals surface area (Å²) in [4.78, 5) is 25.0. The van der Waals surface area contributed by atoms with E-state index in [4.69, 9.17) is 10.5 Å². The van der Waals surface area contributed by atoms with Crippen molar-refractivity contribution in [1.29, 1.82) is 0 Å². The highest BCUT2D eigenvalue weighted by Gasteiger charge is 2.29. The van der Waals surface area contributed by atoms with Gasteiger partial charge in [0.1, 0.15) is 6.04 Å². The number of benzene rings is 1. The van der Waals surface area contributed by atoms with Gasteiger partial charge in [0.2, 0.25) is 5.91 Å². The summed E-state index contributed by atoms with van der Waals surface area (Å²) in [7, 11) is 1.43. The standard InChI is InChI=1S/C15H20N2O3/c1-20-15(19)13-4-2-3-9-17(13)10-11-5-7-12(8-6-11)14(16)18/h5-8,13H,2-4,9-10H2,1H3,(H2,16,18)/t13-/m1/s1. The fourth-order valence-corrected chi connectivity index (χ4v) is 2.59. The maximum atomic E-state index is 11.8. The zero-order valence-corrected chi connectivity index (χ0v) is 11.7. The van der Waals surface area contributed by atoms with Crippen LogP contribution in [0.4, 0.5) is 0 Å². The van der Waals surface area contributed by atoms with E-state index in [1.165, 1.54) is 7.11 Å². The third-order valence-corrected chi connectivity index (χ3v) is 3.71. The van der Waals surface area contributed by atoms with Gasteiger partial charge in [-0.1, -0.05) is 18.6 Å². The summed E-state index contributed by atoms with van der Waals surface area (Å²) in [6.07, 6.45) is 2.98. The van der Waals surface area contributed by atoms with Crippen LogP contribution in [0.5, 0.6) is 0 Å². The van der Waals surface area contributed by atoms with Gasteiger partial charge >= 0.3 is 5.97 Å². The number of primary amides is 1. The number of nitrogens with two attached hydrogens (primary N) is 1. The van der Waals surface area contributed by atoms with E-state index in [9.17, 15) is 9.59 Å². The minimum absolute atomic E-state index is 0.162. The smallest absolute Gasteiger partial charge is 0.323 e. The molecule has 1 saturated heterocycles. The van der Waals surface area contributed by atoms with Gasteiger partial charge in [-0.15, -0.1) is 0 Å². The van der Waals surface area contributed by atoms with Gasteiger partial charge < -0.3 is 10.5 Å². The normalized spacial score (nSPS) is 19.6. The predicted octanol–water partition coefficient (Wildman–Crippen LogP) is 1.31. The van der Waals surface area contributed by atoms with E-state index in [0.29, 0.717) is 12.1 Å². The number of rotatable bonds is 4. The van der Waals surface area contributed by atoms with Crippen molar-refractivity contribution < 1.29 is 14.3 Å². The Morgan fingerprint density at radius 2 is 2.00 bits per heavy atom. The van der Waals surface area contributed by atoms with Crippen LogP contribution in [0, 0.1) is 0 Å². The topological polar surface area (TPSA) is 72.6 Å². The Balaban J connectivity index is 2.06. The maximum absolute atomic E-state index is 11.8. The minimum atomic E-state index is -0.429. The van der Waals surface area contributed by atoms with Crippen LogP contribution in [0.1, 0.15) is 35.2 Å². The van der Waals surface area contributed by atoms with Crippen molar-refractivity contribution in [3.05, 3.63) is 35.4 Å². The molecule has 1 aromatic rings. The molecular weight excluding hydrogens is 256 g/mol. The van der Waals surface area contributed by atoms with Crippen LogP contribution in [0.25, 0.3) is 0 Å². The molecule has 20 heavy (non-hydrogen) atoms. The number of piperidine rings is 1. The molecule has 1 heterocycles. The Labute approximate surface area is 118 Å². The lowest BCUT2D eigenvalue weighted by molar-refractivity contribution is -0.148. The van der Waals surface area contributed by atoms with Crippen molar-refractivity contribution >= 4 is 11.9 Å². The third-order valence-electron chi connectivity index (χ3n) is 3.71. The van der Waals surface area contributed by atoms with Gasteiger partial charge in [-0.3, -0.25) is 14.5 Å². The van der Waals surface area contributed by atoms with Crippen LogP contribution < -0.4 is 5.73 Å². The van der Waals surface area contributed by atoms with Gasteiger partial charge in [-0.2, -0.15) is 0 Å². The van der Waals surface area contributed by atoms with Crippen LogP contribution in [0.2, 0.25) is 0 Å². The lowest BCUT2D eigenvalue weighted by atomic mass is 10.0. The number of carbonyl (C=O) groups is 2. The molecule has 108 valence electrons. The van der Waals surface area contributed by atoms with Crippen molar-refractivity contribution in [2.45, 2.75) is 31.8 Å². The summed E-state index contributed by atoms with van der Waals surface area (Å²) in [6.45, 7) is 1.57. The first-order valence-corrected chi connectivity index (χ1v) is 6.82. The van der Waals surface area contributed by atoms with Gasteiger partial charge in [-0.25, -0.2) is 0 Å². The SMILES string of the molecule is COC(=O)[C@H]1CCCCN1Cc1ccc(C(N)=O)cc1. The molecule has 5 nitrogen and oxygen atoms in total. The zero-order chi connectivity index (χ0) is 14.5. The van der Waals surface area contributed by atoms with Crippen molar-refractivity contribution in [3.63, 3.8) is 0 Å². The van der Waals surface area contributed by atoms with Crippen LogP contribution in [-0.2, 0) is 16.1 Å². The van der Waals surface area contributed by atoms with Gasteiger partial charge in [0.05, 0.1) is 7.11 Å². The first kappa shape index (κ1) is 14.5. The molecule has 0 radical (unpaired) electrons. The first-order valence-electron chi connectivity index (χ1n) is 6.82. The van der Waals surface area contributed by atoms with E-state index < -0.39 is 5.91 Å². The van der Waals surface area contributed by atoms with Gasteiger partial charge in [0, 0.05) is 12.1 Å². The van der Waals surface area contributed by atoms with E-state index >= 15 is 0 Å². The molecule has 1 amide bonds. The summed E-state index contributed by atoms with van der Waals surface area (Å²) in [5, 5.41) is 0. The van der Waals surface area contributed by atoms with Gasteiger partial charge in [-0.05, 0) is 37.1 Å². The average molecular weight is 276 g/mol. The van der Waals surface area contributed by atoms with E-state index in [1.807, 2.05) is 12.1 Å². The number of hydrogen-bond acceptors (Lipinski definition) is 4. The van der Waals surface area contributed by atoms with Crippen molar-refractivity contribution in [2.75, 3.05) is 13.7 Å². The number of amides is 1. The fraction of sp³-hybridized carbons (Fsp3) is 0.467. The Hall–Kier alpha value is -1.88. The second-order valence-corrected chi connectivity index (χ2v) is 5.07. The van der Waals surface area contributed by atoms with Crippen molar-refractivity contribution in [2.24, 2.45) is 5.73 Å². The van der Waals surface area contributed by atoms with E-state index in [2.05, 4.69) is 4.90 Å². The summed E-state index contributed by atoms with van der Waals surface area (Å²) in [5.41, 5.74) is 6.78. The highest BCUT2D eigenvalue weighted by atomic mass is 16.5. The Kier molecular flexibility index (Phi) is 4.74. The molecule has 5 heteroatoms. The number of likely N-dealkylation sites (tertiary alicyclic amines) is 1. The lowest BCUT2D eigenvalue weighted by Crippen LogP contribution is -2.44. The molecule has 0 saturated carbocycles. The Bertz CT molecular complexity index is 484. The maximum Gasteiger partial charge on any atom is 0.323 e. The van der Waals surface area contributed by atoms with Crippen LogP contribution in [0.15, 0.2) is 24.3 Å². The Morgan fingerprint density at radius 3 is 2.60 bits per heavy atom. The molecule has 1 fully saturated rings. The molecule has 2 rings (SSSR count). The summed E-state index contributed by atoms with van der Waals surface area (Å²) in [5.74, 6) is -0.597. The molecule has 0 bridgehead atoms. The highest BCUT2D eigenvalue weighted by molar-refractivity contribution is 5.92. The predicted molar refractivity (Wildman–Crippen MR) is 75.0 cm³/mol. The molecule has 0 aliphatic carbocycles. The second-order valence-electron chi connectivity index (χ2n) is 5.07. The second kappa shape index (κ2) is 6.52. The first-order chi connectivity index (χ1) is 9.61. The molecule has 1 aliphatic rings. The summed E-state index contributed by atoms with van der Waals surface area (Å²) < 4.78 is 4.87. The molecule has 1 aliphatic heterocycles. The van der Waals surface area contributed by atoms with E-state index in [0.717, 1.165) is 31.4 Å². The molecule has 0 spiro atoms. The number of ether oxygens (including phenoxy) is 1. The monoisotopic (exact) mass is 276 g/mol. The highest BCUT2D eigenvalue weighted by Crippen LogP contribution is 2.20. The summed E-state index contributed by atoms with van der Waals surface area (Å²) in [6, 6.07) is 7.03. The number of nitrogens with zero attached hydrogens (tertiary/aromatic N) is 1. The molecule has 1 atom stereocenters. The van der Waals surface area contributed by atoms with Crippen molar-refractivity contribution in [3.8, 4) is 0 Å². The van der Waals surface area contributed by atoms with Crippen LogP contribution >= 0.6 is 0 Å². The number of methoxy groups -OCH3 is 1. The number of esters is 1. The molecule has 1 aromatic carbocycles. The lowest BCUT2D eigenvalue weighted by Gasteiger charge is -2.33. The molecule has 0 aromatic heterocycles. The third kappa shape index (κ3) is 3.36. The quantitative estimate of drug-likeness (QED) is 0.842. The Morgan fingerprint density at radius 1 is 1.30 bits per heavy atom. The number of hydrogen-bond donors (Lipinski definition) is 1. The van der Waals surface area contributed by atoms with Gasteiger partial charge in [0.25, 0.3) is 0 Å². The van der Waals surface area contributed by atoms with Crippen LogP contribution in [0.3, 0.4) is 0 Å². The minimum Gasteiger partial charge on any atom is -0.468 e. The van der Waals surface area contributed by atoms with Gasteiger partial charge in [0.15, 0.2) is 0 Å². The van der Waals surface area contributed by atoms with E-state index in [1.54, 1.807) is 12.1 Å². The average Bonchev–Trinajstić information content (AvgIpc) is 2.47. The van der Waals surface area contributed by atoms with Crippen LogP contribution in [-0.4, -0.2) is 36.5 Å². The summed E-state index contributed by atoms with van der Waals surface area (Å²) >= 11 is 0. The largest absolute Gasteiger partial charge is 0.468 e. The fourth-order valence-electron chi connectivity index (χ4n) is 2.59. The van der Waals surface area contributed by atoms with E-state index in [-0.39, 0.29) is 12.0 Å².